The molecule has 3 aromatic rings. The van der Waals surface area contributed by atoms with Gasteiger partial charge in [0.2, 0.25) is 0 Å². The molecule has 4 rings (SSSR count). The second kappa shape index (κ2) is 7.95. The van der Waals surface area contributed by atoms with E-state index in [2.05, 4.69) is 68.4 Å². The molecule has 2 atom stereocenters. The second-order valence-corrected chi connectivity index (χ2v) is 10.4. The average Bonchev–Trinajstić information content (AvgIpc) is 3.21. The van der Waals surface area contributed by atoms with Gasteiger partial charge in [-0.15, -0.1) is 11.3 Å². The van der Waals surface area contributed by atoms with Gasteiger partial charge in [-0.1, -0.05) is 58.0 Å². The molecular weight excluding hydrogens is 374 g/mol. The molecule has 1 aromatic heterocycles. The maximum Gasteiger partial charge on any atom is 0.123 e. The summed E-state index contributed by atoms with van der Waals surface area (Å²) >= 11 is 1.71. The van der Waals surface area contributed by atoms with Crippen LogP contribution in [0.3, 0.4) is 0 Å². The van der Waals surface area contributed by atoms with E-state index in [1.165, 1.54) is 35.1 Å². The Balaban J connectivity index is 1.55. The largest absolute Gasteiger partial charge is 0.508 e. The Kier molecular flexibility index (Phi) is 5.52. The molecule has 0 bridgehead atoms. The number of aromatic hydroxyl groups is 1. The number of fused-ring (bicyclic) bond motifs is 1. The second-order valence-electron chi connectivity index (χ2n) is 9.52. The molecular formula is C26H31NOS. The number of nitrogens with zero attached hydrogens (tertiary/aromatic N) is 1. The summed E-state index contributed by atoms with van der Waals surface area (Å²) < 4.78 is 0. The lowest BCUT2D eigenvalue weighted by molar-refractivity contribution is 0.389. The lowest BCUT2D eigenvalue weighted by Gasteiger charge is -2.32. The van der Waals surface area contributed by atoms with Crippen molar-refractivity contribution in [2.45, 2.75) is 64.7 Å². The maximum absolute atomic E-state index is 10.5. The van der Waals surface area contributed by atoms with Crippen LogP contribution in [0.25, 0.3) is 10.6 Å². The molecule has 1 aliphatic carbocycles. The third kappa shape index (κ3) is 4.11. The number of thiazole rings is 1. The van der Waals surface area contributed by atoms with E-state index >= 15 is 0 Å². The Morgan fingerprint density at radius 3 is 2.69 bits per heavy atom. The van der Waals surface area contributed by atoms with Crippen LogP contribution >= 0.6 is 11.3 Å². The topological polar surface area (TPSA) is 33.1 Å². The minimum atomic E-state index is -0.0256. The Labute approximate surface area is 178 Å². The molecule has 1 heterocycles. The van der Waals surface area contributed by atoms with Crippen LogP contribution in [0.1, 0.15) is 68.7 Å². The fraction of sp³-hybridized carbons (Fsp3) is 0.423. The summed E-state index contributed by atoms with van der Waals surface area (Å²) in [6.07, 6.45) is 6.46. The molecule has 0 saturated carbocycles. The first kappa shape index (κ1) is 20.2. The smallest absolute Gasteiger partial charge is 0.123 e. The van der Waals surface area contributed by atoms with E-state index in [1.54, 1.807) is 11.3 Å². The van der Waals surface area contributed by atoms with Crippen LogP contribution in [0, 0.1) is 5.92 Å². The highest BCUT2D eigenvalue weighted by Crippen LogP contribution is 2.42. The molecule has 0 spiro atoms. The summed E-state index contributed by atoms with van der Waals surface area (Å²) in [5, 5.41) is 13.6. The number of phenols is 1. The first-order chi connectivity index (χ1) is 13.8. The molecule has 1 N–H and O–H groups in total. The third-order valence-corrected chi connectivity index (χ3v) is 7.10. The summed E-state index contributed by atoms with van der Waals surface area (Å²) in [7, 11) is 0. The predicted molar refractivity (Wildman–Crippen MR) is 123 cm³/mol. The highest BCUT2D eigenvalue weighted by Gasteiger charge is 2.29. The highest BCUT2D eigenvalue weighted by atomic mass is 32.1. The first-order valence-corrected chi connectivity index (χ1v) is 11.6. The number of aromatic nitrogens is 1. The van der Waals surface area contributed by atoms with Crippen molar-refractivity contribution in [2.24, 2.45) is 5.92 Å². The number of benzene rings is 2. The van der Waals surface area contributed by atoms with Crippen molar-refractivity contribution in [3.8, 4) is 16.3 Å². The van der Waals surface area contributed by atoms with E-state index in [9.17, 15) is 5.11 Å². The van der Waals surface area contributed by atoms with Gasteiger partial charge in [-0.25, -0.2) is 4.98 Å². The molecule has 1 aliphatic rings. The molecule has 0 saturated heterocycles. The van der Waals surface area contributed by atoms with Crippen LogP contribution in [0.5, 0.6) is 5.75 Å². The third-order valence-electron chi connectivity index (χ3n) is 6.29. The summed E-state index contributed by atoms with van der Waals surface area (Å²) in [6.45, 7) is 8.96. The van der Waals surface area contributed by atoms with Gasteiger partial charge in [0.15, 0.2) is 0 Å². The van der Waals surface area contributed by atoms with Crippen LogP contribution in [0.2, 0.25) is 0 Å². The quantitative estimate of drug-likeness (QED) is 0.501. The summed E-state index contributed by atoms with van der Waals surface area (Å²) in [5.74, 6) is 1.64. The van der Waals surface area contributed by atoms with Crippen molar-refractivity contribution < 1.29 is 5.11 Å². The molecule has 0 aliphatic heterocycles. The van der Waals surface area contributed by atoms with Gasteiger partial charge in [0.25, 0.3) is 0 Å². The number of rotatable bonds is 4. The van der Waals surface area contributed by atoms with E-state index in [1.807, 2.05) is 12.3 Å². The molecule has 0 radical (unpaired) electrons. The zero-order chi connectivity index (χ0) is 20.6. The van der Waals surface area contributed by atoms with Gasteiger partial charge in [0.05, 0.1) is 0 Å². The van der Waals surface area contributed by atoms with Crippen molar-refractivity contribution in [1.29, 1.82) is 0 Å². The van der Waals surface area contributed by atoms with E-state index in [4.69, 9.17) is 0 Å². The Bertz CT molecular complexity index is 984. The zero-order valence-electron chi connectivity index (χ0n) is 17.9. The molecule has 152 valence electrons. The molecule has 2 unspecified atom stereocenters. The first-order valence-electron chi connectivity index (χ1n) is 10.7. The molecule has 2 aromatic carbocycles. The van der Waals surface area contributed by atoms with Gasteiger partial charge in [0, 0.05) is 22.7 Å². The van der Waals surface area contributed by atoms with Crippen LogP contribution in [-0.2, 0) is 18.3 Å². The van der Waals surface area contributed by atoms with Crippen LogP contribution in [0.15, 0.2) is 48.0 Å². The number of hydrogen-bond donors (Lipinski definition) is 1. The predicted octanol–water partition coefficient (Wildman–Crippen LogP) is 7.11. The Hall–Kier alpha value is -2.13. The van der Waals surface area contributed by atoms with Gasteiger partial charge in [0.1, 0.15) is 10.8 Å². The minimum Gasteiger partial charge on any atom is -0.508 e. The van der Waals surface area contributed by atoms with Crippen LogP contribution < -0.4 is 0 Å². The summed E-state index contributed by atoms with van der Waals surface area (Å²) in [6, 6.07) is 12.8. The minimum absolute atomic E-state index is 0.0256. The van der Waals surface area contributed by atoms with Crippen molar-refractivity contribution in [3.63, 3.8) is 0 Å². The maximum atomic E-state index is 10.5. The van der Waals surface area contributed by atoms with Gasteiger partial charge >= 0.3 is 0 Å². The molecule has 2 nitrogen and oxygen atoms in total. The fourth-order valence-corrected chi connectivity index (χ4v) is 5.75. The average molecular weight is 406 g/mol. The van der Waals surface area contributed by atoms with Gasteiger partial charge in [-0.2, -0.15) is 0 Å². The standard InChI is InChI=1S/C26H31NOS/c1-17(20-7-5-6-8-22(20)25-27-13-14-29-25)15-18-9-11-21-19(16-18)10-12-23(28)24(21)26(2,3)4/h5-8,10,12-14,17-18,28H,9,11,15-16H2,1-4H3. The molecule has 0 fully saturated rings. The van der Waals surface area contributed by atoms with E-state index < -0.39 is 0 Å². The highest BCUT2D eigenvalue weighted by molar-refractivity contribution is 7.13. The van der Waals surface area contributed by atoms with Gasteiger partial charge in [-0.3, -0.25) is 0 Å². The van der Waals surface area contributed by atoms with Gasteiger partial charge < -0.3 is 5.11 Å². The number of phenolic OH excluding ortho intramolecular Hbond substituents is 1. The number of hydrogen-bond acceptors (Lipinski definition) is 3. The summed E-state index contributed by atoms with van der Waals surface area (Å²) in [5.41, 5.74) is 6.65. The molecule has 29 heavy (non-hydrogen) atoms. The SMILES string of the molecule is CC(CC1CCc2c(ccc(O)c2C(C)(C)C)C1)c1ccccc1-c1nccs1. The van der Waals surface area contributed by atoms with E-state index in [0.29, 0.717) is 17.6 Å². The van der Waals surface area contributed by atoms with Crippen LogP contribution in [-0.4, -0.2) is 10.1 Å². The lowest BCUT2D eigenvalue weighted by atomic mass is 9.73. The van der Waals surface area contributed by atoms with Gasteiger partial charge in [-0.05, 0) is 65.7 Å². The molecule has 0 amide bonds. The van der Waals surface area contributed by atoms with Crippen molar-refractivity contribution >= 4 is 11.3 Å². The summed E-state index contributed by atoms with van der Waals surface area (Å²) in [4.78, 5) is 4.54. The Morgan fingerprint density at radius 1 is 1.17 bits per heavy atom. The normalized spacial score (nSPS) is 17.7. The zero-order valence-corrected chi connectivity index (χ0v) is 18.7. The lowest BCUT2D eigenvalue weighted by Crippen LogP contribution is -2.22. The van der Waals surface area contributed by atoms with Crippen molar-refractivity contribution in [2.75, 3.05) is 0 Å². The Morgan fingerprint density at radius 2 is 1.97 bits per heavy atom. The monoisotopic (exact) mass is 405 g/mol. The van der Waals surface area contributed by atoms with Crippen molar-refractivity contribution in [3.05, 3.63) is 70.2 Å². The van der Waals surface area contributed by atoms with E-state index in [0.717, 1.165) is 23.4 Å². The van der Waals surface area contributed by atoms with Crippen LogP contribution in [0.4, 0.5) is 0 Å². The molecule has 3 heteroatoms. The fourth-order valence-electron chi connectivity index (χ4n) is 5.06. The van der Waals surface area contributed by atoms with E-state index in [-0.39, 0.29) is 5.41 Å². The van der Waals surface area contributed by atoms with Crippen molar-refractivity contribution in [1.82, 2.24) is 4.98 Å².